The molecule has 0 N–H and O–H groups in total. The molecule has 3 rings (SSSR count). The van der Waals surface area contributed by atoms with E-state index in [1.54, 1.807) is 0 Å². The molecule has 0 radical (unpaired) electrons. The topological polar surface area (TPSA) is 18.5 Å². The number of rotatable bonds is 8. The van der Waals surface area contributed by atoms with E-state index in [1.807, 2.05) is 0 Å². The average Bonchev–Trinajstić information content (AvgIpc) is 2.74. The van der Waals surface area contributed by atoms with Gasteiger partial charge in [0, 0.05) is 0 Å². The van der Waals surface area contributed by atoms with Gasteiger partial charge in [-0.05, 0) is 79.8 Å². The minimum atomic E-state index is -5.15. The van der Waals surface area contributed by atoms with Crippen LogP contribution in [0.4, 0.5) is 35.1 Å². The first-order chi connectivity index (χ1) is 16.3. The normalized spacial score (nSPS) is 20.1. The molecule has 1 aliphatic carbocycles. The summed E-state index contributed by atoms with van der Waals surface area (Å²) in [6, 6.07) is 3.80. The fourth-order valence-corrected chi connectivity index (χ4v) is 4.63. The summed E-state index contributed by atoms with van der Waals surface area (Å²) in [4.78, 5) is 0. The van der Waals surface area contributed by atoms with Crippen LogP contribution >= 0.6 is 0 Å². The van der Waals surface area contributed by atoms with Crippen LogP contribution in [0.2, 0.25) is 0 Å². The van der Waals surface area contributed by atoms with Crippen molar-refractivity contribution in [3.05, 3.63) is 64.5 Å². The van der Waals surface area contributed by atoms with Crippen LogP contribution in [0.3, 0.4) is 0 Å². The molecule has 0 heterocycles. The Hall–Kier alpha value is -2.36. The third-order valence-electron chi connectivity index (χ3n) is 6.35. The van der Waals surface area contributed by atoms with Gasteiger partial charge in [-0.15, -0.1) is 13.2 Å². The van der Waals surface area contributed by atoms with E-state index >= 15 is 0 Å². The van der Waals surface area contributed by atoms with Crippen molar-refractivity contribution in [3.8, 4) is 5.75 Å². The molecule has 1 unspecified atom stereocenters. The highest BCUT2D eigenvalue weighted by atomic mass is 19.4. The molecule has 0 spiro atoms. The molecule has 10 heteroatoms. The van der Waals surface area contributed by atoms with E-state index in [0.29, 0.717) is 36.5 Å². The minimum Gasteiger partial charge on any atom is -0.403 e. The van der Waals surface area contributed by atoms with Crippen LogP contribution in [0.25, 0.3) is 0 Å². The van der Waals surface area contributed by atoms with Gasteiger partial charge in [0.1, 0.15) is 17.2 Å². The molecule has 1 aliphatic rings. The third-order valence-corrected chi connectivity index (χ3v) is 6.35. The smallest absolute Gasteiger partial charge is 0.403 e. The summed E-state index contributed by atoms with van der Waals surface area (Å²) in [5.74, 6) is -5.12. The zero-order chi connectivity index (χ0) is 26.0. The Balaban J connectivity index is 1.75. The second-order valence-corrected chi connectivity index (χ2v) is 8.88. The van der Waals surface area contributed by atoms with Crippen molar-refractivity contribution in [2.75, 3.05) is 0 Å². The predicted molar refractivity (Wildman–Crippen MR) is 112 cm³/mol. The van der Waals surface area contributed by atoms with Crippen molar-refractivity contribution in [2.45, 2.75) is 76.9 Å². The summed E-state index contributed by atoms with van der Waals surface area (Å²) in [6.45, 7) is 3.14. The molecule has 35 heavy (non-hydrogen) atoms. The Bertz CT molecular complexity index is 990. The van der Waals surface area contributed by atoms with Crippen LogP contribution < -0.4 is 4.74 Å². The molecule has 1 saturated carbocycles. The summed E-state index contributed by atoms with van der Waals surface area (Å²) in [6.07, 6.45) is -5.81. The van der Waals surface area contributed by atoms with Crippen molar-refractivity contribution in [1.29, 1.82) is 0 Å². The van der Waals surface area contributed by atoms with E-state index in [4.69, 9.17) is 0 Å². The average molecular weight is 510 g/mol. The maximum absolute atomic E-state index is 14.8. The number of benzene rings is 2. The predicted octanol–water partition coefficient (Wildman–Crippen LogP) is 8.90. The molecule has 1 fully saturated rings. The van der Waals surface area contributed by atoms with Gasteiger partial charge in [0.05, 0.1) is 6.10 Å². The zero-order valence-electron chi connectivity index (χ0n) is 19.2. The SMILES string of the molecule is CCCC1CCC(c2cc(F)c(C(F)(F)OC(C)c3ccc(OC(F)(F)F)c(F)c3)c(F)c2)CC1. The fraction of sp³-hybridized carbons (Fsp3) is 0.520. The number of hydrogen-bond acceptors (Lipinski definition) is 2. The Morgan fingerprint density at radius 2 is 1.49 bits per heavy atom. The lowest BCUT2D eigenvalue weighted by Crippen LogP contribution is -2.24. The second-order valence-electron chi connectivity index (χ2n) is 8.88. The second kappa shape index (κ2) is 10.7. The third kappa shape index (κ3) is 6.86. The summed E-state index contributed by atoms with van der Waals surface area (Å²) in [5, 5.41) is 0. The highest BCUT2D eigenvalue weighted by Crippen LogP contribution is 2.42. The standard InChI is InChI=1S/C25H26F8O2/c1-3-4-15-5-7-16(8-6-15)18-12-20(27)23(21(28)13-18)24(29,30)34-14(2)17-9-10-22(19(26)11-17)35-25(31,32)33/h9-16H,3-8H2,1-2H3. The zero-order valence-corrected chi connectivity index (χ0v) is 19.2. The van der Waals surface area contributed by atoms with Crippen LogP contribution in [0.1, 0.15) is 81.1 Å². The van der Waals surface area contributed by atoms with Gasteiger partial charge in [-0.1, -0.05) is 25.8 Å². The molecular formula is C25H26F8O2. The van der Waals surface area contributed by atoms with E-state index in [-0.39, 0.29) is 11.5 Å². The highest BCUT2D eigenvalue weighted by molar-refractivity contribution is 5.32. The first-order valence-electron chi connectivity index (χ1n) is 11.4. The molecule has 194 valence electrons. The van der Waals surface area contributed by atoms with Crippen molar-refractivity contribution >= 4 is 0 Å². The van der Waals surface area contributed by atoms with Crippen molar-refractivity contribution in [2.24, 2.45) is 5.92 Å². The minimum absolute atomic E-state index is 0.130. The van der Waals surface area contributed by atoms with Crippen LogP contribution in [-0.2, 0) is 10.8 Å². The van der Waals surface area contributed by atoms with E-state index in [1.165, 1.54) is 0 Å². The van der Waals surface area contributed by atoms with E-state index in [2.05, 4.69) is 16.4 Å². The Morgan fingerprint density at radius 1 is 0.886 bits per heavy atom. The summed E-state index contributed by atoms with van der Waals surface area (Å²) < 4.78 is 118. The molecule has 0 aromatic heterocycles. The molecule has 1 atom stereocenters. The van der Waals surface area contributed by atoms with Gasteiger partial charge in [-0.2, -0.15) is 8.78 Å². The largest absolute Gasteiger partial charge is 0.573 e. The van der Waals surface area contributed by atoms with E-state index in [0.717, 1.165) is 50.8 Å². The quantitative estimate of drug-likeness (QED) is 0.330. The van der Waals surface area contributed by atoms with Gasteiger partial charge in [-0.25, -0.2) is 13.2 Å². The summed E-state index contributed by atoms with van der Waals surface area (Å²) >= 11 is 0. The maximum atomic E-state index is 14.8. The fourth-order valence-electron chi connectivity index (χ4n) is 4.63. The Morgan fingerprint density at radius 3 is 2.00 bits per heavy atom. The van der Waals surface area contributed by atoms with Crippen LogP contribution in [-0.4, -0.2) is 6.36 Å². The van der Waals surface area contributed by atoms with Gasteiger partial charge >= 0.3 is 12.5 Å². The highest BCUT2D eigenvalue weighted by Gasteiger charge is 2.42. The lowest BCUT2D eigenvalue weighted by molar-refractivity contribution is -0.275. The molecule has 2 aromatic rings. The van der Waals surface area contributed by atoms with Crippen molar-refractivity contribution in [1.82, 2.24) is 0 Å². The first-order valence-corrected chi connectivity index (χ1v) is 11.4. The molecule has 0 amide bonds. The van der Waals surface area contributed by atoms with Gasteiger partial charge < -0.3 is 9.47 Å². The lowest BCUT2D eigenvalue weighted by atomic mass is 9.77. The van der Waals surface area contributed by atoms with Gasteiger partial charge in [0.15, 0.2) is 11.6 Å². The van der Waals surface area contributed by atoms with Crippen LogP contribution in [0.5, 0.6) is 5.75 Å². The molecule has 2 nitrogen and oxygen atoms in total. The Labute approximate surface area is 198 Å². The molecule has 0 aliphatic heterocycles. The first kappa shape index (κ1) is 27.2. The van der Waals surface area contributed by atoms with Crippen LogP contribution in [0, 0.1) is 23.4 Å². The number of hydrogen-bond donors (Lipinski definition) is 0. The maximum Gasteiger partial charge on any atom is 0.573 e. The monoisotopic (exact) mass is 510 g/mol. The number of alkyl halides is 5. The molecule has 2 aromatic carbocycles. The molecular weight excluding hydrogens is 484 g/mol. The number of ether oxygens (including phenoxy) is 2. The van der Waals surface area contributed by atoms with Gasteiger partial charge in [0.25, 0.3) is 0 Å². The Kier molecular flexibility index (Phi) is 8.34. The number of halogens is 8. The van der Waals surface area contributed by atoms with Gasteiger partial charge in [-0.3, -0.25) is 0 Å². The summed E-state index contributed by atoms with van der Waals surface area (Å²) in [5.41, 5.74) is -1.55. The van der Waals surface area contributed by atoms with E-state index in [9.17, 15) is 35.1 Å². The molecule has 0 saturated heterocycles. The molecule has 0 bridgehead atoms. The van der Waals surface area contributed by atoms with Crippen molar-refractivity contribution in [3.63, 3.8) is 0 Å². The lowest BCUT2D eigenvalue weighted by Gasteiger charge is -2.29. The van der Waals surface area contributed by atoms with Gasteiger partial charge in [0.2, 0.25) is 0 Å². The van der Waals surface area contributed by atoms with Crippen molar-refractivity contribution < 1.29 is 44.6 Å². The van der Waals surface area contributed by atoms with E-state index < -0.39 is 47.3 Å². The van der Waals surface area contributed by atoms with Crippen LogP contribution in [0.15, 0.2) is 30.3 Å². The summed E-state index contributed by atoms with van der Waals surface area (Å²) in [7, 11) is 0.